The molecule has 1 fully saturated rings. The molecule has 1 heterocycles. The number of rotatable bonds is 3. The predicted octanol–water partition coefficient (Wildman–Crippen LogP) is 3.53. The molecule has 1 aromatic rings. The Kier molecular flexibility index (Phi) is 4.22. The Balaban J connectivity index is 2.20. The van der Waals surface area contributed by atoms with Crippen molar-refractivity contribution in [2.75, 3.05) is 5.32 Å². The van der Waals surface area contributed by atoms with Crippen molar-refractivity contribution in [1.29, 1.82) is 0 Å². The molecule has 0 spiro atoms. The normalized spacial score (nSPS) is 23.7. The quantitative estimate of drug-likeness (QED) is 0.896. The van der Waals surface area contributed by atoms with Gasteiger partial charge in [0.2, 0.25) is 0 Å². The van der Waals surface area contributed by atoms with Gasteiger partial charge in [-0.15, -0.1) is 0 Å². The molecule has 2 unspecified atom stereocenters. The molecule has 0 radical (unpaired) electrons. The van der Waals surface area contributed by atoms with E-state index in [-0.39, 0.29) is 5.56 Å². The van der Waals surface area contributed by atoms with Crippen molar-refractivity contribution < 1.29 is 9.90 Å². The molecule has 18 heavy (non-hydrogen) atoms. The van der Waals surface area contributed by atoms with Crippen molar-refractivity contribution in [2.24, 2.45) is 5.92 Å². The SMILES string of the molecule is CC1CCCCC1Nc1ncc(Br)cc1C(=O)O. The van der Waals surface area contributed by atoms with Crippen LogP contribution in [0.3, 0.4) is 0 Å². The van der Waals surface area contributed by atoms with Crippen molar-refractivity contribution in [1.82, 2.24) is 4.98 Å². The fourth-order valence-electron chi connectivity index (χ4n) is 2.42. The molecule has 98 valence electrons. The Morgan fingerprint density at radius 2 is 2.22 bits per heavy atom. The van der Waals surface area contributed by atoms with Gasteiger partial charge in [-0.05, 0) is 40.8 Å². The van der Waals surface area contributed by atoms with E-state index in [0.29, 0.717) is 22.3 Å². The topological polar surface area (TPSA) is 62.2 Å². The Morgan fingerprint density at radius 1 is 1.50 bits per heavy atom. The van der Waals surface area contributed by atoms with Crippen LogP contribution >= 0.6 is 15.9 Å². The minimum Gasteiger partial charge on any atom is -0.478 e. The van der Waals surface area contributed by atoms with Crippen LogP contribution in [0.1, 0.15) is 43.0 Å². The number of nitrogens with zero attached hydrogens (tertiary/aromatic N) is 1. The number of nitrogens with one attached hydrogen (secondary N) is 1. The van der Waals surface area contributed by atoms with Gasteiger partial charge in [-0.25, -0.2) is 9.78 Å². The first-order valence-corrected chi connectivity index (χ1v) is 7.02. The molecule has 5 heteroatoms. The van der Waals surface area contributed by atoms with Crippen LogP contribution in [0.15, 0.2) is 16.7 Å². The van der Waals surface area contributed by atoms with Crippen molar-refractivity contribution in [2.45, 2.75) is 38.6 Å². The molecule has 0 aliphatic heterocycles. The summed E-state index contributed by atoms with van der Waals surface area (Å²) in [5.41, 5.74) is 0.224. The Bertz CT molecular complexity index is 451. The molecule has 0 saturated heterocycles. The summed E-state index contributed by atoms with van der Waals surface area (Å²) >= 11 is 3.25. The molecule has 4 nitrogen and oxygen atoms in total. The van der Waals surface area contributed by atoms with E-state index in [1.165, 1.54) is 19.3 Å². The van der Waals surface area contributed by atoms with E-state index >= 15 is 0 Å². The number of carbonyl (C=O) groups is 1. The maximum Gasteiger partial charge on any atom is 0.339 e. The summed E-state index contributed by atoms with van der Waals surface area (Å²) in [4.78, 5) is 15.4. The number of aromatic nitrogens is 1. The predicted molar refractivity (Wildman–Crippen MR) is 73.9 cm³/mol. The number of carboxylic acid groups (broad SMARTS) is 1. The van der Waals surface area contributed by atoms with Crippen LogP contribution in [0.2, 0.25) is 0 Å². The minimum absolute atomic E-state index is 0.224. The summed E-state index contributed by atoms with van der Waals surface area (Å²) in [5.74, 6) is 0.0880. The van der Waals surface area contributed by atoms with Gasteiger partial charge in [-0.3, -0.25) is 0 Å². The standard InChI is InChI=1S/C13H17BrN2O2/c1-8-4-2-3-5-11(8)16-12-10(13(17)18)6-9(14)7-15-12/h6-8,11H,2-5H2,1H3,(H,15,16)(H,17,18). The van der Waals surface area contributed by atoms with E-state index in [0.717, 1.165) is 6.42 Å². The number of halogens is 1. The van der Waals surface area contributed by atoms with Gasteiger partial charge in [0.25, 0.3) is 0 Å². The van der Waals surface area contributed by atoms with Gasteiger partial charge in [0.15, 0.2) is 0 Å². The van der Waals surface area contributed by atoms with Gasteiger partial charge in [0, 0.05) is 16.7 Å². The lowest BCUT2D eigenvalue weighted by molar-refractivity contribution is 0.0697. The number of anilines is 1. The molecule has 0 aromatic carbocycles. The van der Waals surface area contributed by atoms with Gasteiger partial charge in [0.05, 0.1) is 0 Å². The Labute approximate surface area is 115 Å². The maximum atomic E-state index is 11.2. The lowest BCUT2D eigenvalue weighted by atomic mass is 9.86. The van der Waals surface area contributed by atoms with Gasteiger partial charge < -0.3 is 10.4 Å². The lowest BCUT2D eigenvalue weighted by Gasteiger charge is -2.30. The van der Waals surface area contributed by atoms with Crippen LogP contribution in [0.25, 0.3) is 0 Å². The monoisotopic (exact) mass is 312 g/mol. The van der Waals surface area contributed by atoms with Crippen LogP contribution in [0.4, 0.5) is 5.82 Å². The summed E-state index contributed by atoms with van der Waals surface area (Å²) in [6, 6.07) is 1.91. The van der Waals surface area contributed by atoms with Gasteiger partial charge in [-0.1, -0.05) is 19.8 Å². The summed E-state index contributed by atoms with van der Waals surface area (Å²) in [5, 5.41) is 12.5. The molecule has 1 aliphatic rings. The molecule has 1 saturated carbocycles. The maximum absolute atomic E-state index is 11.2. The molecular formula is C13H17BrN2O2. The third kappa shape index (κ3) is 3.02. The summed E-state index contributed by atoms with van der Waals surface area (Å²) in [6.45, 7) is 2.20. The zero-order valence-corrected chi connectivity index (χ0v) is 11.9. The Morgan fingerprint density at radius 3 is 2.89 bits per heavy atom. The number of pyridine rings is 1. The second-order valence-electron chi connectivity index (χ2n) is 4.87. The van der Waals surface area contributed by atoms with Crippen molar-refractivity contribution in [3.63, 3.8) is 0 Å². The van der Waals surface area contributed by atoms with E-state index in [2.05, 4.69) is 33.2 Å². The van der Waals surface area contributed by atoms with Gasteiger partial charge >= 0.3 is 5.97 Å². The summed E-state index contributed by atoms with van der Waals surface area (Å²) in [6.07, 6.45) is 6.36. The molecular weight excluding hydrogens is 296 g/mol. The van der Waals surface area contributed by atoms with Crippen LogP contribution < -0.4 is 5.32 Å². The molecule has 0 amide bonds. The van der Waals surface area contributed by atoms with E-state index in [9.17, 15) is 9.90 Å². The highest BCUT2D eigenvalue weighted by Gasteiger charge is 2.23. The highest BCUT2D eigenvalue weighted by molar-refractivity contribution is 9.10. The van der Waals surface area contributed by atoms with Crippen molar-refractivity contribution >= 4 is 27.7 Å². The van der Waals surface area contributed by atoms with Gasteiger partial charge in [0.1, 0.15) is 11.4 Å². The van der Waals surface area contributed by atoms with Crippen molar-refractivity contribution in [3.05, 3.63) is 22.3 Å². The molecule has 0 bridgehead atoms. The number of carboxylic acids is 1. The van der Waals surface area contributed by atoms with E-state index in [4.69, 9.17) is 0 Å². The first-order valence-electron chi connectivity index (χ1n) is 6.23. The fourth-order valence-corrected chi connectivity index (χ4v) is 2.75. The van der Waals surface area contributed by atoms with E-state index in [1.54, 1.807) is 12.3 Å². The molecule has 1 aromatic heterocycles. The molecule has 2 rings (SSSR count). The van der Waals surface area contributed by atoms with Crippen LogP contribution in [0.5, 0.6) is 0 Å². The third-order valence-corrected chi connectivity index (χ3v) is 3.95. The van der Waals surface area contributed by atoms with E-state index in [1.807, 2.05) is 0 Å². The fraction of sp³-hybridized carbons (Fsp3) is 0.538. The average molecular weight is 313 g/mol. The summed E-state index contributed by atoms with van der Waals surface area (Å²) < 4.78 is 0.683. The summed E-state index contributed by atoms with van der Waals surface area (Å²) in [7, 11) is 0. The first-order chi connectivity index (χ1) is 8.58. The van der Waals surface area contributed by atoms with Crippen LogP contribution in [0, 0.1) is 5.92 Å². The van der Waals surface area contributed by atoms with Crippen LogP contribution in [-0.4, -0.2) is 22.1 Å². The molecule has 2 N–H and O–H groups in total. The smallest absolute Gasteiger partial charge is 0.339 e. The zero-order valence-electron chi connectivity index (χ0n) is 10.3. The highest BCUT2D eigenvalue weighted by Crippen LogP contribution is 2.28. The molecule has 2 atom stereocenters. The van der Waals surface area contributed by atoms with E-state index < -0.39 is 5.97 Å². The average Bonchev–Trinajstić information content (AvgIpc) is 2.34. The lowest BCUT2D eigenvalue weighted by Crippen LogP contribution is -2.31. The number of hydrogen-bond donors (Lipinski definition) is 2. The second kappa shape index (κ2) is 5.69. The first kappa shape index (κ1) is 13.3. The van der Waals surface area contributed by atoms with Gasteiger partial charge in [-0.2, -0.15) is 0 Å². The highest BCUT2D eigenvalue weighted by atomic mass is 79.9. The van der Waals surface area contributed by atoms with Crippen molar-refractivity contribution in [3.8, 4) is 0 Å². The second-order valence-corrected chi connectivity index (χ2v) is 5.78. The zero-order chi connectivity index (χ0) is 13.1. The Hall–Kier alpha value is -1.10. The largest absolute Gasteiger partial charge is 0.478 e. The van der Waals surface area contributed by atoms with Crippen LogP contribution in [-0.2, 0) is 0 Å². The minimum atomic E-state index is -0.949. The number of hydrogen-bond acceptors (Lipinski definition) is 3. The number of aromatic carboxylic acids is 1. The molecule has 1 aliphatic carbocycles. The third-order valence-electron chi connectivity index (χ3n) is 3.52.